The van der Waals surface area contributed by atoms with Crippen LogP contribution in [0.15, 0.2) is 36.8 Å². The highest BCUT2D eigenvalue weighted by Gasteiger charge is 2.39. The molecular formula is C26H36N6O6. The number of amides is 3. The number of benzene rings is 1. The van der Waals surface area contributed by atoms with E-state index in [-0.39, 0.29) is 30.4 Å². The summed E-state index contributed by atoms with van der Waals surface area (Å²) in [5.74, 6) is -2.93. The highest BCUT2D eigenvalue weighted by molar-refractivity contribution is 5.94. The number of hydrogen-bond acceptors (Lipinski definition) is 7. The third-order valence-electron chi connectivity index (χ3n) is 6.93. The maximum atomic E-state index is 13.3. The molecule has 0 bridgehead atoms. The number of rotatable bonds is 12. The van der Waals surface area contributed by atoms with Gasteiger partial charge < -0.3 is 36.5 Å². The Bertz CT molecular complexity index is 1110. The highest BCUT2D eigenvalue weighted by Crippen LogP contribution is 2.20. The molecule has 38 heavy (non-hydrogen) atoms. The van der Waals surface area contributed by atoms with Gasteiger partial charge >= 0.3 is 5.97 Å². The van der Waals surface area contributed by atoms with E-state index in [2.05, 4.69) is 20.6 Å². The van der Waals surface area contributed by atoms with Crippen molar-refractivity contribution in [1.29, 1.82) is 0 Å². The number of aromatic hydroxyl groups is 1. The molecule has 206 valence electrons. The second kappa shape index (κ2) is 13.0. The van der Waals surface area contributed by atoms with Gasteiger partial charge in [-0.25, -0.2) is 9.78 Å². The second-order valence-corrected chi connectivity index (χ2v) is 9.72. The molecule has 0 saturated carbocycles. The number of carboxylic acid groups (broad SMARTS) is 1. The number of aromatic amines is 1. The average Bonchev–Trinajstić information content (AvgIpc) is 3.59. The molecule has 1 fully saturated rings. The highest BCUT2D eigenvalue weighted by atomic mass is 16.4. The van der Waals surface area contributed by atoms with Crippen LogP contribution in [0.4, 0.5) is 0 Å². The van der Waals surface area contributed by atoms with E-state index in [0.717, 1.165) is 0 Å². The predicted octanol–water partition coefficient (Wildman–Crippen LogP) is 0.319. The standard InChI is InChI=1S/C26H36N6O6/c1-3-15(2)22(24(35)30-20(26(37)38)11-16-6-8-18(33)9-7-16)31-23(34)21-5-4-10-32(21)25(36)19(27)12-17-13-28-14-29-17/h6-9,13-15,19-22,33H,3-5,10-12,27H2,1-2H3,(H,28,29)(H,30,35)(H,31,34)(H,37,38). The first-order valence-corrected chi connectivity index (χ1v) is 12.8. The number of nitrogens with one attached hydrogen (secondary N) is 3. The van der Waals surface area contributed by atoms with Crippen molar-refractivity contribution >= 4 is 23.7 Å². The van der Waals surface area contributed by atoms with Gasteiger partial charge in [0.25, 0.3) is 0 Å². The van der Waals surface area contributed by atoms with E-state index in [4.69, 9.17) is 5.73 Å². The van der Waals surface area contributed by atoms with Gasteiger partial charge in [0.05, 0.1) is 12.4 Å². The molecule has 3 amide bonds. The molecule has 1 aromatic heterocycles. The summed E-state index contributed by atoms with van der Waals surface area (Å²) in [5.41, 5.74) is 7.45. The number of aliphatic carboxylic acids is 1. The number of carbonyl (C=O) groups excluding carboxylic acids is 3. The van der Waals surface area contributed by atoms with Crippen molar-refractivity contribution in [2.24, 2.45) is 11.7 Å². The van der Waals surface area contributed by atoms with Gasteiger partial charge in [-0.15, -0.1) is 0 Å². The second-order valence-electron chi connectivity index (χ2n) is 9.72. The average molecular weight is 529 g/mol. The monoisotopic (exact) mass is 528 g/mol. The molecule has 0 aliphatic carbocycles. The Morgan fingerprint density at radius 1 is 1.18 bits per heavy atom. The molecular weight excluding hydrogens is 492 g/mol. The maximum Gasteiger partial charge on any atom is 0.326 e. The van der Waals surface area contributed by atoms with E-state index in [1.807, 2.05) is 6.92 Å². The van der Waals surface area contributed by atoms with E-state index >= 15 is 0 Å². The summed E-state index contributed by atoms with van der Waals surface area (Å²) >= 11 is 0. The van der Waals surface area contributed by atoms with Gasteiger partial charge in [-0.2, -0.15) is 0 Å². The number of likely N-dealkylation sites (tertiary alicyclic amines) is 1. The maximum absolute atomic E-state index is 13.3. The SMILES string of the molecule is CCC(C)C(NC(=O)C1CCCN1C(=O)C(N)Cc1cnc[nH]1)C(=O)NC(Cc1ccc(O)cc1)C(=O)O. The number of H-pyrrole nitrogens is 1. The number of aromatic nitrogens is 2. The Hall–Kier alpha value is -3.93. The predicted molar refractivity (Wildman–Crippen MR) is 138 cm³/mol. The number of nitrogens with zero attached hydrogens (tertiary/aromatic N) is 2. The van der Waals surface area contributed by atoms with Gasteiger partial charge in [-0.3, -0.25) is 14.4 Å². The fourth-order valence-corrected chi connectivity index (χ4v) is 4.52. The topological polar surface area (TPSA) is 191 Å². The molecule has 1 aliphatic heterocycles. The molecule has 5 atom stereocenters. The molecule has 1 aromatic carbocycles. The number of imidazole rings is 1. The first-order chi connectivity index (χ1) is 18.1. The van der Waals surface area contributed by atoms with Gasteiger partial charge in [0.1, 0.15) is 23.9 Å². The van der Waals surface area contributed by atoms with Crippen LogP contribution in [0, 0.1) is 5.92 Å². The third-order valence-corrected chi connectivity index (χ3v) is 6.93. The van der Waals surface area contributed by atoms with Gasteiger partial charge in [0.15, 0.2) is 0 Å². The van der Waals surface area contributed by atoms with Gasteiger partial charge in [0, 0.05) is 31.3 Å². The molecule has 1 aliphatic rings. The molecule has 0 radical (unpaired) electrons. The van der Waals surface area contributed by atoms with Crippen LogP contribution in [0.5, 0.6) is 5.75 Å². The summed E-state index contributed by atoms with van der Waals surface area (Å²) in [6.45, 7) is 4.03. The van der Waals surface area contributed by atoms with Crippen molar-refractivity contribution in [2.45, 2.75) is 70.1 Å². The number of phenols is 1. The van der Waals surface area contributed by atoms with Crippen LogP contribution >= 0.6 is 0 Å². The Kier molecular flexibility index (Phi) is 9.83. The molecule has 12 heteroatoms. The van der Waals surface area contributed by atoms with Crippen molar-refractivity contribution in [2.75, 3.05) is 6.54 Å². The van der Waals surface area contributed by atoms with Gasteiger partial charge in [0.2, 0.25) is 17.7 Å². The molecule has 5 unspecified atom stereocenters. The number of phenolic OH excluding ortho intramolecular Hbond substituents is 1. The number of carbonyl (C=O) groups is 4. The number of hydrogen-bond donors (Lipinski definition) is 6. The molecule has 12 nitrogen and oxygen atoms in total. The summed E-state index contributed by atoms with van der Waals surface area (Å²) in [5, 5.41) is 24.5. The minimum Gasteiger partial charge on any atom is -0.508 e. The summed E-state index contributed by atoms with van der Waals surface area (Å²) in [6.07, 6.45) is 4.94. The van der Waals surface area contributed by atoms with Gasteiger partial charge in [-0.05, 0) is 36.5 Å². The smallest absolute Gasteiger partial charge is 0.326 e. The van der Waals surface area contributed by atoms with Crippen molar-refractivity contribution in [3.63, 3.8) is 0 Å². The lowest BCUT2D eigenvalue weighted by molar-refractivity contribution is -0.143. The lowest BCUT2D eigenvalue weighted by atomic mass is 9.96. The fourth-order valence-electron chi connectivity index (χ4n) is 4.52. The van der Waals surface area contributed by atoms with Crippen molar-refractivity contribution in [3.05, 3.63) is 48.0 Å². The summed E-state index contributed by atoms with van der Waals surface area (Å²) in [7, 11) is 0. The zero-order valence-electron chi connectivity index (χ0n) is 21.6. The first-order valence-electron chi connectivity index (χ1n) is 12.8. The Morgan fingerprint density at radius 2 is 1.89 bits per heavy atom. The third kappa shape index (κ3) is 7.31. The fraction of sp³-hybridized carbons (Fsp3) is 0.500. The molecule has 2 heterocycles. The zero-order valence-corrected chi connectivity index (χ0v) is 21.6. The van der Waals surface area contributed by atoms with Crippen molar-refractivity contribution < 1.29 is 29.4 Å². The molecule has 7 N–H and O–H groups in total. The minimum absolute atomic E-state index is 0.00164. The summed E-state index contributed by atoms with van der Waals surface area (Å²) in [4.78, 5) is 59.7. The molecule has 3 rings (SSSR count). The summed E-state index contributed by atoms with van der Waals surface area (Å²) in [6, 6.07) is 2.17. The quantitative estimate of drug-likeness (QED) is 0.227. The zero-order chi connectivity index (χ0) is 27.8. The normalized spacial score (nSPS) is 18.3. The van der Waals surface area contributed by atoms with Crippen LogP contribution in [0.2, 0.25) is 0 Å². The largest absolute Gasteiger partial charge is 0.508 e. The van der Waals surface area contributed by atoms with E-state index < -0.39 is 42.0 Å². The Labute approximate surface area is 221 Å². The van der Waals surface area contributed by atoms with Crippen LogP contribution in [0.3, 0.4) is 0 Å². The number of carboxylic acids is 1. The van der Waals surface area contributed by atoms with Crippen molar-refractivity contribution in [3.8, 4) is 5.75 Å². The van der Waals surface area contributed by atoms with Gasteiger partial charge in [-0.1, -0.05) is 32.4 Å². The van der Waals surface area contributed by atoms with Crippen LogP contribution < -0.4 is 16.4 Å². The molecule has 2 aromatic rings. The number of nitrogens with two attached hydrogens (primary N) is 1. The van der Waals surface area contributed by atoms with E-state index in [9.17, 15) is 29.4 Å². The lowest BCUT2D eigenvalue weighted by Crippen LogP contribution is -2.58. The summed E-state index contributed by atoms with van der Waals surface area (Å²) < 4.78 is 0. The van der Waals surface area contributed by atoms with E-state index in [0.29, 0.717) is 37.1 Å². The van der Waals surface area contributed by atoms with E-state index in [1.54, 1.807) is 25.3 Å². The lowest BCUT2D eigenvalue weighted by Gasteiger charge is -2.30. The minimum atomic E-state index is -1.24. The molecule has 0 spiro atoms. The van der Waals surface area contributed by atoms with Crippen LogP contribution in [0.1, 0.15) is 44.4 Å². The van der Waals surface area contributed by atoms with E-state index in [1.165, 1.54) is 23.4 Å². The first kappa shape index (κ1) is 28.6. The van der Waals surface area contributed by atoms with Crippen LogP contribution in [0.25, 0.3) is 0 Å². The Balaban J connectivity index is 1.67. The van der Waals surface area contributed by atoms with Crippen molar-refractivity contribution in [1.82, 2.24) is 25.5 Å². The Morgan fingerprint density at radius 3 is 2.50 bits per heavy atom. The van der Waals surface area contributed by atoms with Crippen LogP contribution in [-0.2, 0) is 32.0 Å². The van der Waals surface area contributed by atoms with Crippen LogP contribution in [-0.4, -0.2) is 79.5 Å². The molecule has 1 saturated heterocycles.